The molecule has 0 fully saturated rings. The minimum atomic E-state index is -0.908. The Morgan fingerprint density at radius 2 is 1.95 bits per heavy atom. The van der Waals surface area contributed by atoms with E-state index in [0.717, 1.165) is 17.8 Å². The molecule has 0 unspecified atom stereocenters. The van der Waals surface area contributed by atoms with Crippen LogP contribution in [0.2, 0.25) is 0 Å². The summed E-state index contributed by atoms with van der Waals surface area (Å²) in [5, 5.41) is 7.26. The van der Waals surface area contributed by atoms with Crippen LogP contribution in [-0.4, -0.2) is 9.78 Å². The van der Waals surface area contributed by atoms with Crippen LogP contribution >= 0.6 is 0 Å². The number of nitrogens with two attached hydrogens (primary N) is 1. The zero-order chi connectivity index (χ0) is 14.2. The van der Waals surface area contributed by atoms with E-state index in [2.05, 4.69) is 10.4 Å². The van der Waals surface area contributed by atoms with Gasteiger partial charge >= 0.3 is 0 Å². The lowest BCUT2D eigenvalue weighted by Crippen LogP contribution is -2.02. The van der Waals surface area contributed by atoms with Gasteiger partial charge in [0.15, 0.2) is 17.5 Å². The molecule has 0 atom stereocenters. The van der Waals surface area contributed by atoms with Crippen LogP contribution in [0, 0.1) is 11.6 Å². The van der Waals surface area contributed by atoms with Crippen molar-refractivity contribution in [2.45, 2.75) is 19.8 Å². The van der Waals surface area contributed by atoms with Crippen molar-refractivity contribution in [1.82, 2.24) is 9.78 Å². The average Bonchev–Trinajstić information content (AvgIpc) is 2.62. The van der Waals surface area contributed by atoms with Crippen molar-refractivity contribution >= 4 is 17.2 Å². The predicted octanol–water partition coefficient (Wildman–Crippen LogP) is 3.15. The molecule has 6 heteroatoms. The van der Waals surface area contributed by atoms with Crippen LogP contribution in [0.4, 0.5) is 26.0 Å². The molecule has 0 radical (unpaired) electrons. The van der Waals surface area contributed by atoms with E-state index in [-0.39, 0.29) is 5.92 Å². The van der Waals surface area contributed by atoms with Crippen molar-refractivity contribution in [3.8, 4) is 0 Å². The molecule has 0 saturated heterocycles. The molecule has 2 aromatic rings. The maximum absolute atomic E-state index is 13.1. The molecule has 1 aromatic carbocycles. The van der Waals surface area contributed by atoms with E-state index in [4.69, 9.17) is 5.73 Å². The molecule has 102 valence electrons. The first kappa shape index (κ1) is 13.3. The first-order valence-electron chi connectivity index (χ1n) is 5.94. The maximum atomic E-state index is 13.1. The molecule has 19 heavy (non-hydrogen) atoms. The van der Waals surface area contributed by atoms with E-state index < -0.39 is 11.6 Å². The fourth-order valence-electron chi connectivity index (χ4n) is 1.85. The second-order valence-electron chi connectivity index (χ2n) is 4.68. The number of aryl methyl sites for hydroxylation is 1. The summed E-state index contributed by atoms with van der Waals surface area (Å²) >= 11 is 0. The summed E-state index contributed by atoms with van der Waals surface area (Å²) in [6.07, 6.45) is 0. The standard InChI is InChI=1S/C13H16F2N4/c1-7(2)12-11(16)13(19(3)18-12)17-8-4-5-9(14)10(15)6-8/h4-7,17H,16H2,1-3H3. The highest BCUT2D eigenvalue weighted by Gasteiger charge is 2.16. The van der Waals surface area contributed by atoms with Gasteiger partial charge < -0.3 is 11.1 Å². The Bertz CT molecular complexity index is 605. The maximum Gasteiger partial charge on any atom is 0.160 e. The van der Waals surface area contributed by atoms with Crippen LogP contribution in [0.25, 0.3) is 0 Å². The Morgan fingerprint density at radius 3 is 2.47 bits per heavy atom. The molecule has 0 saturated carbocycles. The average molecular weight is 266 g/mol. The molecule has 0 aliphatic rings. The highest BCUT2D eigenvalue weighted by Crippen LogP contribution is 2.30. The molecule has 0 spiro atoms. The lowest BCUT2D eigenvalue weighted by molar-refractivity contribution is 0.509. The van der Waals surface area contributed by atoms with Crippen LogP contribution in [0.1, 0.15) is 25.5 Å². The second-order valence-corrected chi connectivity index (χ2v) is 4.68. The summed E-state index contributed by atoms with van der Waals surface area (Å²) in [5.41, 5.74) is 7.71. The molecular formula is C13H16F2N4. The predicted molar refractivity (Wildman–Crippen MR) is 71.4 cm³/mol. The Labute approximate surface area is 110 Å². The number of halogens is 2. The van der Waals surface area contributed by atoms with Gasteiger partial charge in [-0.2, -0.15) is 5.10 Å². The van der Waals surface area contributed by atoms with Gasteiger partial charge in [0.1, 0.15) is 0 Å². The molecular weight excluding hydrogens is 250 g/mol. The second kappa shape index (κ2) is 4.87. The van der Waals surface area contributed by atoms with Gasteiger partial charge in [0.05, 0.1) is 11.4 Å². The molecule has 0 aliphatic carbocycles. The third-order valence-corrected chi connectivity index (χ3v) is 2.84. The number of nitrogen functional groups attached to an aromatic ring is 1. The lowest BCUT2D eigenvalue weighted by atomic mass is 10.1. The fourth-order valence-corrected chi connectivity index (χ4v) is 1.85. The first-order chi connectivity index (χ1) is 8.90. The largest absolute Gasteiger partial charge is 0.394 e. The van der Waals surface area contributed by atoms with E-state index in [9.17, 15) is 8.78 Å². The molecule has 1 heterocycles. The number of nitrogens with one attached hydrogen (secondary N) is 1. The Kier molecular flexibility index (Phi) is 3.42. The number of hydrogen-bond donors (Lipinski definition) is 2. The van der Waals surface area contributed by atoms with Gasteiger partial charge in [-0.05, 0) is 18.1 Å². The van der Waals surface area contributed by atoms with E-state index in [0.29, 0.717) is 17.2 Å². The Morgan fingerprint density at radius 1 is 1.26 bits per heavy atom. The Hall–Kier alpha value is -2.11. The van der Waals surface area contributed by atoms with E-state index in [1.807, 2.05) is 13.8 Å². The number of aromatic nitrogens is 2. The summed E-state index contributed by atoms with van der Waals surface area (Å²) in [6.45, 7) is 3.97. The van der Waals surface area contributed by atoms with Crippen LogP contribution in [0.15, 0.2) is 18.2 Å². The van der Waals surface area contributed by atoms with E-state index in [1.165, 1.54) is 6.07 Å². The highest BCUT2D eigenvalue weighted by atomic mass is 19.2. The van der Waals surface area contributed by atoms with Gasteiger partial charge in [-0.25, -0.2) is 8.78 Å². The Balaban J connectivity index is 2.35. The van der Waals surface area contributed by atoms with Gasteiger partial charge in [-0.1, -0.05) is 13.8 Å². The molecule has 0 bridgehead atoms. The fraction of sp³-hybridized carbons (Fsp3) is 0.308. The number of hydrogen-bond acceptors (Lipinski definition) is 3. The van der Waals surface area contributed by atoms with Crippen LogP contribution < -0.4 is 11.1 Å². The lowest BCUT2D eigenvalue weighted by Gasteiger charge is -2.08. The van der Waals surface area contributed by atoms with Gasteiger partial charge in [0.2, 0.25) is 0 Å². The number of rotatable bonds is 3. The molecule has 0 aliphatic heterocycles. The van der Waals surface area contributed by atoms with E-state index in [1.54, 1.807) is 11.7 Å². The molecule has 3 N–H and O–H groups in total. The minimum Gasteiger partial charge on any atom is -0.394 e. The van der Waals surface area contributed by atoms with Gasteiger partial charge in [0.25, 0.3) is 0 Å². The van der Waals surface area contributed by atoms with Crippen molar-refractivity contribution in [2.75, 3.05) is 11.1 Å². The smallest absolute Gasteiger partial charge is 0.160 e. The minimum absolute atomic E-state index is 0.187. The third-order valence-electron chi connectivity index (χ3n) is 2.84. The van der Waals surface area contributed by atoms with Gasteiger partial charge in [0, 0.05) is 18.8 Å². The van der Waals surface area contributed by atoms with Crippen molar-refractivity contribution in [3.63, 3.8) is 0 Å². The zero-order valence-electron chi connectivity index (χ0n) is 11.0. The number of anilines is 3. The molecule has 0 amide bonds. The van der Waals surface area contributed by atoms with Crippen LogP contribution in [0.5, 0.6) is 0 Å². The normalized spacial score (nSPS) is 11.1. The summed E-state index contributed by atoms with van der Waals surface area (Å²) < 4.78 is 27.6. The monoisotopic (exact) mass is 266 g/mol. The summed E-state index contributed by atoms with van der Waals surface area (Å²) in [4.78, 5) is 0. The SMILES string of the molecule is CC(C)c1nn(C)c(Nc2ccc(F)c(F)c2)c1N. The van der Waals surface area contributed by atoms with E-state index >= 15 is 0 Å². The number of benzene rings is 1. The van der Waals surface area contributed by atoms with Crippen molar-refractivity contribution in [3.05, 3.63) is 35.5 Å². The quantitative estimate of drug-likeness (QED) is 0.897. The third kappa shape index (κ3) is 2.52. The van der Waals surface area contributed by atoms with Gasteiger partial charge in [-0.3, -0.25) is 4.68 Å². The molecule has 1 aromatic heterocycles. The topological polar surface area (TPSA) is 55.9 Å². The van der Waals surface area contributed by atoms with Gasteiger partial charge in [-0.15, -0.1) is 0 Å². The van der Waals surface area contributed by atoms with Crippen molar-refractivity contribution in [2.24, 2.45) is 7.05 Å². The molecule has 2 rings (SSSR count). The first-order valence-corrected chi connectivity index (χ1v) is 5.94. The molecule has 4 nitrogen and oxygen atoms in total. The summed E-state index contributed by atoms with van der Waals surface area (Å²) in [5.74, 6) is -1.04. The van der Waals surface area contributed by atoms with Crippen LogP contribution in [-0.2, 0) is 7.05 Å². The van der Waals surface area contributed by atoms with Crippen LogP contribution in [0.3, 0.4) is 0 Å². The summed E-state index contributed by atoms with van der Waals surface area (Å²) in [7, 11) is 1.74. The summed E-state index contributed by atoms with van der Waals surface area (Å²) in [6, 6.07) is 3.59. The number of nitrogens with zero attached hydrogens (tertiary/aromatic N) is 2. The zero-order valence-corrected chi connectivity index (χ0v) is 11.0. The van der Waals surface area contributed by atoms with Crippen molar-refractivity contribution in [1.29, 1.82) is 0 Å². The van der Waals surface area contributed by atoms with Crippen molar-refractivity contribution < 1.29 is 8.78 Å². The highest BCUT2D eigenvalue weighted by molar-refractivity contribution is 5.71.